The summed E-state index contributed by atoms with van der Waals surface area (Å²) >= 11 is 0. The van der Waals surface area contributed by atoms with Crippen LogP contribution in [0.2, 0.25) is 0 Å². The SMILES string of the molecule is CCCCCCCC/C=C\CCCCCCCCCCCC(=O)OC(O)C(OC(=O)CCCCCCCCCCC/C=C\CCCCCCCC)([N+](=O)[O-])C(C(O)O)([N+](=O)[O-])C(O)(OC(=O)CCCCCCCCCCC/C=C\CCCCCCCC)OC(=O)CCCCCCCCCCC/C=C\CCCCCCCC. The van der Waals surface area contributed by atoms with Crippen molar-refractivity contribution in [3.8, 4) is 0 Å². The van der Waals surface area contributed by atoms with Crippen LogP contribution in [-0.2, 0) is 38.1 Å². The summed E-state index contributed by atoms with van der Waals surface area (Å²) in [6.07, 6.45) is 77.2. The van der Waals surface area contributed by atoms with Gasteiger partial charge in [0, 0.05) is 25.7 Å². The lowest BCUT2D eigenvalue weighted by Gasteiger charge is -2.43. The lowest BCUT2D eigenvalue weighted by atomic mass is 9.81. The minimum atomic E-state index is -4.95. The van der Waals surface area contributed by atoms with Crippen LogP contribution in [0.15, 0.2) is 48.6 Å². The maximum absolute atomic E-state index is 14.2. The molecule has 0 aliphatic rings. The van der Waals surface area contributed by atoms with Crippen LogP contribution in [0.4, 0.5) is 0 Å². The molecule has 3 atom stereocenters. The monoisotopic (exact) mass is 1570 g/mol. The number of nitro groups is 2. The predicted molar refractivity (Wildman–Crippen MR) is 455 cm³/mol. The van der Waals surface area contributed by atoms with Gasteiger partial charge in [-0.05, 0) is 128 Å². The van der Waals surface area contributed by atoms with Gasteiger partial charge in [0.15, 0.2) is 0 Å². The first-order chi connectivity index (χ1) is 54.1. The van der Waals surface area contributed by atoms with Crippen molar-refractivity contribution in [2.45, 2.75) is 520 Å². The average molecular weight is 1570 g/mol. The summed E-state index contributed by atoms with van der Waals surface area (Å²) < 4.78 is 21.1. The molecule has 111 heavy (non-hydrogen) atoms. The van der Waals surface area contributed by atoms with E-state index >= 15 is 0 Å². The smallest absolute Gasteiger partial charge is 0.423 e. The maximum Gasteiger partial charge on any atom is 0.513 e. The molecule has 0 heterocycles. The highest BCUT2D eigenvalue weighted by Gasteiger charge is 2.95. The molecule has 0 aromatic rings. The molecule has 0 aliphatic heterocycles. The minimum absolute atomic E-state index is 0.0144. The lowest BCUT2D eigenvalue weighted by Crippen LogP contribution is -2.84. The van der Waals surface area contributed by atoms with E-state index in [1.807, 2.05) is 0 Å². The van der Waals surface area contributed by atoms with Gasteiger partial charge in [0.2, 0.25) is 6.29 Å². The van der Waals surface area contributed by atoms with Crippen molar-refractivity contribution in [1.29, 1.82) is 0 Å². The zero-order chi connectivity index (χ0) is 81.5. The predicted octanol–water partition coefficient (Wildman–Crippen LogP) is 26.8. The highest BCUT2D eigenvalue weighted by atomic mass is 16.9. The normalized spacial score (nSPS) is 13.5. The largest absolute Gasteiger partial charge is 0.513 e. The van der Waals surface area contributed by atoms with Gasteiger partial charge in [-0.15, -0.1) is 0 Å². The van der Waals surface area contributed by atoms with Crippen molar-refractivity contribution in [2.75, 3.05) is 0 Å². The standard InChI is InChI=1S/C93H170N2O16/c1-5-9-13-17-21-25-29-33-37-41-45-49-53-57-61-65-69-73-77-81-85(96)108-90(102)92(95(106)107,109-86(97)82-78-74-70-66-62-58-54-50-46-42-38-34-30-26-22-18-14-10-6-2)91(89(100)101,94(104)105)93(103,110-87(98)83-79-75-71-67-63-59-55-51-47-43-39-35-31-27-23-19-15-11-7-3)111-88(99)84-80-76-72-68-64-60-56-52-48-44-40-36-32-28-24-20-16-12-8-4/h33-40,89-90,100-103H,5-32,41-84H2,1-4H3/b37-33-,38-34-,39-35-,40-36-. The van der Waals surface area contributed by atoms with Gasteiger partial charge in [-0.3, -0.25) is 39.4 Å². The second-order valence-corrected chi connectivity index (χ2v) is 32.2. The molecule has 18 heteroatoms. The molecule has 648 valence electrons. The van der Waals surface area contributed by atoms with Crippen LogP contribution in [0.1, 0.15) is 490 Å². The first-order valence-electron chi connectivity index (χ1n) is 46.6. The van der Waals surface area contributed by atoms with Crippen LogP contribution in [-0.4, -0.2) is 84.0 Å². The molecule has 0 saturated heterocycles. The Bertz CT molecular complexity index is 2250. The first-order valence-corrected chi connectivity index (χ1v) is 46.6. The van der Waals surface area contributed by atoms with Crippen molar-refractivity contribution in [3.05, 3.63) is 68.8 Å². The van der Waals surface area contributed by atoms with Crippen LogP contribution in [0, 0.1) is 20.2 Å². The quantitative estimate of drug-likeness (QED) is 0.00838. The first kappa shape index (κ1) is 106. The number of hydrogen-bond donors (Lipinski definition) is 4. The number of ether oxygens (including phenoxy) is 4. The van der Waals surface area contributed by atoms with Gasteiger partial charge in [-0.2, -0.15) is 0 Å². The Hall–Kier alpha value is -4.52. The third-order valence-electron chi connectivity index (χ3n) is 21.9. The Morgan fingerprint density at radius 2 is 0.459 bits per heavy atom. The van der Waals surface area contributed by atoms with Gasteiger partial charge in [0.05, 0.1) is 9.85 Å². The Labute approximate surface area is 677 Å². The van der Waals surface area contributed by atoms with E-state index in [1.165, 1.54) is 154 Å². The van der Waals surface area contributed by atoms with E-state index in [1.54, 1.807) is 0 Å². The lowest BCUT2D eigenvalue weighted by molar-refractivity contribution is -0.779. The van der Waals surface area contributed by atoms with Crippen molar-refractivity contribution in [3.63, 3.8) is 0 Å². The third kappa shape index (κ3) is 57.2. The van der Waals surface area contributed by atoms with Gasteiger partial charge in [0.1, 0.15) is 0 Å². The van der Waals surface area contributed by atoms with Crippen molar-refractivity contribution >= 4 is 23.9 Å². The summed E-state index contributed by atoms with van der Waals surface area (Å²) in [5, 5.41) is 75.9. The highest BCUT2D eigenvalue weighted by Crippen LogP contribution is 2.47. The number of carbonyl (C=O) groups excluding carboxylic acids is 4. The second kappa shape index (κ2) is 78.0. The summed E-state index contributed by atoms with van der Waals surface area (Å²) in [7, 11) is 0. The number of hydrogen-bond acceptors (Lipinski definition) is 16. The summed E-state index contributed by atoms with van der Waals surface area (Å²) in [6, 6.07) is 0. The van der Waals surface area contributed by atoms with Crippen LogP contribution in [0.3, 0.4) is 0 Å². The number of carbonyl (C=O) groups is 4. The van der Waals surface area contributed by atoms with Gasteiger partial charge in [-0.1, -0.05) is 385 Å². The maximum atomic E-state index is 14.2. The Morgan fingerprint density at radius 1 is 0.279 bits per heavy atom. The number of aliphatic hydroxyl groups is 4. The van der Waals surface area contributed by atoms with Crippen LogP contribution in [0.5, 0.6) is 0 Å². The highest BCUT2D eigenvalue weighted by molar-refractivity contribution is 5.73. The van der Waals surface area contributed by atoms with Gasteiger partial charge >= 0.3 is 47.4 Å². The molecule has 0 radical (unpaired) electrons. The molecule has 0 rings (SSSR count). The fourth-order valence-electron chi connectivity index (χ4n) is 14.8. The second-order valence-electron chi connectivity index (χ2n) is 32.2. The van der Waals surface area contributed by atoms with E-state index in [0.29, 0.717) is 51.4 Å². The fraction of sp³-hybridized carbons (Fsp3) is 0.871. The van der Waals surface area contributed by atoms with E-state index < -0.39 is 89.2 Å². The number of unbranched alkanes of at least 4 members (excludes halogenated alkanes) is 60. The number of rotatable bonds is 86. The molecule has 0 aromatic heterocycles. The Kier molecular flexibility index (Phi) is 74.8. The molecule has 0 saturated carbocycles. The van der Waals surface area contributed by atoms with E-state index in [2.05, 4.69) is 76.3 Å². The van der Waals surface area contributed by atoms with Crippen molar-refractivity contribution < 1.29 is 68.4 Å². The van der Waals surface area contributed by atoms with E-state index in [-0.39, 0.29) is 25.7 Å². The topological polar surface area (TPSA) is 272 Å². The number of allylic oxidation sites excluding steroid dienone is 8. The van der Waals surface area contributed by atoms with Crippen molar-refractivity contribution in [2.24, 2.45) is 0 Å². The zero-order valence-electron chi connectivity index (χ0n) is 71.8. The molecule has 0 bridgehead atoms. The van der Waals surface area contributed by atoms with Gasteiger partial charge in [0.25, 0.3) is 0 Å². The molecule has 0 fully saturated rings. The summed E-state index contributed by atoms with van der Waals surface area (Å²) in [6.45, 7) is 8.92. The van der Waals surface area contributed by atoms with E-state index in [9.17, 15) is 59.8 Å². The summed E-state index contributed by atoms with van der Waals surface area (Å²) in [4.78, 5) is 80.4. The number of aliphatic hydroxyl groups excluding tert-OH is 2. The van der Waals surface area contributed by atoms with Crippen LogP contribution < -0.4 is 0 Å². The van der Waals surface area contributed by atoms with Gasteiger partial charge < -0.3 is 39.4 Å². The molecule has 0 amide bonds. The fourth-order valence-corrected chi connectivity index (χ4v) is 14.8. The number of esters is 4. The molecule has 0 aromatic carbocycles. The average Bonchev–Trinajstić information content (AvgIpc) is 0.694. The third-order valence-corrected chi connectivity index (χ3v) is 21.9. The van der Waals surface area contributed by atoms with E-state index in [0.717, 1.165) is 205 Å². The minimum Gasteiger partial charge on any atom is -0.423 e. The summed E-state index contributed by atoms with van der Waals surface area (Å²) in [5.41, 5.74) is -9.72. The summed E-state index contributed by atoms with van der Waals surface area (Å²) in [5.74, 6) is -10.7. The molecular weight excluding hydrogens is 1400 g/mol. The van der Waals surface area contributed by atoms with Crippen molar-refractivity contribution in [1.82, 2.24) is 0 Å². The molecule has 3 unspecified atom stereocenters. The molecule has 4 N–H and O–H groups in total. The molecule has 0 aliphatic carbocycles. The molecule has 18 nitrogen and oxygen atoms in total. The van der Waals surface area contributed by atoms with Crippen LogP contribution in [0.25, 0.3) is 0 Å². The molecule has 0 spiro atoms. The Morgan fingerprint density at radius 3 is 0.649 bits per heavy atom. The Balaban J connectivity index is 6.51. The zero-order valence-corrected chi connectivity index (χ0v) is 71.8. The molecular formula is C93H170N2O16. The van der Waals surface area contributed by atoms with E-state index in [4.69, 9.17) is 18.9 Å². The van der Waals surface area contributed by atoms with Gasteiger partial charge in [-0.25, -0.2) is 0 Å². The van der Waals surface area contributed by atoms with Crippen LogP contribution >= 0.6 is 0 Å². The number of nitrogens with zero attached hydrogens (tertiary/aromatic N) is 2.